The number of rotatable bonds is 6. The van der Waals surface area contributed by atoms with E-state index in [2.05, 4.69) is 10.2 Å². The molecule has 1 aromatic heterocycles. The van der Waals surface area contributed by atoms with Crippen molar-refractivity contribution in [1.82, 2.24) is 9.78 Å². The number of aryl methyl sites for hydroxylation is 1. The van der Waals surface area contributed by atoms with Gasteiger partial charge in [0, 0.05) is 35.0 Å². The fourth-order valence-electron chi connectivity index (χ4n) is 4.76. The summed E-state index contributed by atoms with van der Waals surface area (Å²) in [5.41, 5.74) is 1.78. The molecule has 2 heterocycles. The monoisotopic (exact) mass is 517 g/mol. The zero-order valence-corrected chi connectivity index (χ0v) is 20.3. The molecule has 0 saturated carbocycles. The Morgan fingerprint density at radius 2 is 1.45 bits per heavy atom. The Balaban J connectivity index is 1.65. The average Bonchev–Trinajstić information content (AvgIpc) is 3.36. The normalized spacial score (nSPS) is 16.0. The standard InChI is InChI=1S/C27H21F2N5O4/c1-15-23(26(35)32(30-15)20-11-5-18(28)6-12-20)25(17-3-9-22(10-4-17)34(37)38)24-16(2)31-33(27(24)36)21-13-7-19(29)8-14-21/h3-14,23,25,31H,1-2H3. The Hall–Kier alpha value is -4.93. The van der Waals surface area contributed by atoms with Crippen molar-refractivity contribution in [3.63, 3.8) is 0 Å². The van der Waals surface area contributed by atoms with E-state index in [0.29, 0.717) is 28.3 Å². The second-order valence-electron chi connectivity index (χ2n) is 8.94. The highest BCUT2D eigenvalue weighted by Gasteiger charge is 2.43. The van der Waals surface area contributed by atoms with Crippen LogP contribution < -0.4 is 10.6 Å². The Labute approximate surface area is 214 Å². The van der Waals surface area contributed by atoms with Crippen molar-refractivity contribution in [3.05, 3.63) is 122 Å². The maximum atomic E-state index is 13.8. The highest BCUT2D eigenvalue weighted by atomic mass is 19.1. The number of aromatic amines is 1. The van der Waals surface area contributed by atoms with E-state index < -0.39 is 39.9 Å². The minimum Gasteiger partial charge on any atom is -0.295 e. The molecule has 11 heteroatoms. The van der Waals surface area contributed by atoms with Crippen LogP contribution in [-0.4, -0.2) is 26.3 Å². The van der Waals surface area contributed by atoms with Crippen molar-refractivity contribution in [2.75, 3.05) is 5.01 Å². The first-order valence-corrected chi connectivity index (χ1v) is 11.6. The first kappa shape index (κ1) is 24.8. The van der Waals surface area contributed by atoms with Crippen molar-refractivity contribution < 1.29 is 18.5 Å². The molecule has 0 fully saturated rings. The van der Waals surface area contributed by atoms with Gasteiger partial charge in [-0.1, -0.05) is 12.1 Å². The van der Waals surface area contributed by atoms with Gasteiger partial charge in [0.2, 0.25) is 0 Å². The van der Waals surface area contributed by atoms with E-state index in [9.17, 15) is 28.5 Å². The van der Waals surface area contributed by atoms with Crippen LogP contribution in [0, 0.1) is 34.6 Å². The Bertz CT molecular complexity index is 1620. The summed E-state index contributed by atoms with van der Waals surface area (Å²) < 4.78 is 28.2. The van der Waals surface area contributed by atoms with Crippen LogP contribution in [-0.2, 0) is 4.79 Å². The Kier molecular flexibility index (Phi) is 6.19. The van der Waals surface area contributed by atoms with Crippen molar-refractivity contribution in [2.24, 2.45) is 11.0 Å². The van der Waals surface area contributed by atoms with Crippen LogP contribution in [0.1, 0.15) is 29.7 Å². The molecular weight excluding hydrogens is 496 g/mol. The van der Waals surface area contributed by atoms with Gasteiger partial charge in [-0.15, -0.1) is 0 Å². The van der Waals surface area contributed by atoms with E-state index in [1.54, 1.807) is 13.8 Å². The van der Waals surface area contributed by atoms with Crippen LogP contribution in [0.5, 0.6) is 0 Å². The summed E-state index contributed by atoms with van der Waals surface area (Å²) in [6.45, 7) is 3.34. The molecule has 38 heavy (non-hydrogen) atoms. The number of carbonyl (C=O) groups is 1. The molecule has 9 nitrogen and oxygen atoms in total. The number of nitrogens with zero attached hydrogens (tertiary/aromatic N) is 4. The lowest BCUT2D eigenvalue weighted by Gasteiger charge is -2.23. The van der Waals surface area contributed by atoms with Gasteiger partial charge in [0.25, 0.3) is 17.2 Å². The first-order chi connectivity index (χ1) is 18.2. The van der Waals surface area contributed by atoms with Crippen LogP contribution in [0.3, 0.4) is 0 Å². The van der Waals surface area contributed by atoms with E-state index in [4.69, 9.17) is 0 Å². The Morgan fingerprint density at radius 1 is 0.895 bits per heavy atom. The molecule has 0 saturated heterocycles. The van der Waals surface area contributed by atoms with Crippen LogP contribution in [0.25, 0.3) is 5.69 Å². The van der Waals surface area contributed by atoms with Crippen molar-refractivity contribution in [1.29, 1.82) is 0 Å². The molecule has 1 aliphatic heterocycles. The lowest BCUT2D eigenvalue weighted by molar-refractivity contribution is -0.384. The summed E-state index contributed by atoms with van der Waals surface area (Å²) in [6.07, 6.45) is 0. The van der Waals surface area contributed by atoms with Gasteiger partial charge in [-0.3, -0.25) is 24.8 Å². The van der Waals surface area contributed by atoms with Gasteiger partial charge in [-0.25, -0.2) is 18.5 Å². The number of nitro benzene ring substituents is 1. The molecule has 2 atom stereocenters. The number of non-ortho nitro benzene ring substituents is 1. The summed E-state index contributed by atoms with van der Waals surface area (Å²) in [5, 5.41) is 19.8. The minimum atomic E-state index is -0.926. The van der Waals surface area contributed by atoms with Crippen molar-refractivity contribution >= 4 is 23.0 Å². The van der Waals surface area contributed by atoms with Crippen LogP contribution in [0.4, 0.5) is 20.2 Å². The van der Waals surface area contributed by atoms with E-state index in [0.717, 1.165) is 0 Å². The van der Waals surface area contributed by atoms with Gasteiger partial charge < -0.3 is 0 Å². The largest absolute Gasteiger partial charge is 0.295 e. The smallest absolute Gasteiger partial charge is 0.275 e. The molecule has 0 aliphatic carbocycles. The fourth-order valence-corrected chi connectivity index (χ4v) is 4.76. The van der Waals surface area contributed by atoms with Crippen LogP contribution in [0.2, 0.25) is 0 Å². The highest BCUT2D eigenvalue weighted by molar-refractivity contribution is 6.15. The number of halogens is 2. The maximum Gasteiger partial charge on any atom is 0.275 e. The number of carbonyl (C=O) groups excluding carboxylic acids is 1. The summed E-state index contributed by atoms with van der Waals surface area (Å²) in [5.74, 6) is -3.15. The molecule has 3 aromatic carbocycles. The number of nitrogens with one attached hydrogen (secondary N) is 1. The van der Waals surface area contributed by atoms with Gasteiger partial charge in [-0.05, 0) is 67.9 Å². The lowest BCUT2D eigenvalue weighted by Crippen LogP contribution is -2.34. The second kappa shape index (κ2) is 9.51. The number of hydrazone groups is 1. The molecule has 0 bridgehead atoms. The van der Waals surface area contributed by atoms with E-state index in [1.165, 1.54) is 82.5 Å². The second-order valence-corrected chi connectivity index (χ2v) is 8.94. The molecule has 2 unspecified atom stereocenters. The van der Waals surface area contributed by atoms with Gasteiger partial charge in [0.05, 0.1) is 22.2 Å². The number of benzene rings is 3. The van der Waals surface area contributed by atoms with Crippen molar-refractivity contribution in [3.8, 4) is 5.69 Å². The van der Waals surface area contributed by atoms with Gasteiger partial charge in [0.1, 0.15) is 11.6 Å². The summed E-state index contributed by atoms with van der Waals surface area (Å²) in [7, 11) is 0. The highest BCUT2D eigenvalue weighted by Crippen LogP contribution is 2.39. The van der Waals surface area contributed by atoms with E-state index >= 15 is 0 Å². The SMILES string of the molecule is CC1=NN(c2ccc(F)cc2)C(=O)C1C(c1ccc([N+](=O)[O-])cc1)c1c(C)[nH]n(-c2ccc(F)cc2)c1=O. The molecule has 1 amide bonds. The Morgan fingerprint density at radius 3 is 2.00 bits per heavy atom. The quantitative estimate of drug-likeness (QED) is 0.291. The third-order valence-corrected chi connectivity index (χ3v) is 6.56. The topological polar surface area (TPSA) is 114 Å². The van der Waals surface area contributed by atoms with Gasteiger partial charge in [-0.2, -0.15) is 5.10 Å². The molecule has 192 valence electrons. The predicted octanol–water partition coefficient (Wildman–Crippen LogP) is 4.83. The van der Waals surface area contributed by atoms with Crippen molar-refractivity contribution in [2.45, 2.75) is 19.8 Å². The molecular formula is C27H21F2N5O4. The molecule has 4 aromatic rings. The van der Waals surface area contributed by atoms with Crippen LogP contribution in [0.15, 0.2) is 82.7 Å². The number of hydrogen-bond acceptors (Lipinski definition) is 5. The number of amides is 1. The molecule has 0 spiro atoms. The number of nitro groups is 1. The third-order valence-electron chi connectivity index (χ3n) is 6.56. The molecule has 1 N–H and O–H groups in total. The van der Waals surface area contributed by atoms with Crippen LogP contribution >= 0.6 is 0 Å². The summed E-state index contributed by atoms with van der Waals surface area (Å²) in [6, 6.07) is 16.3. The van der Waals surface area contributed by atoms with Gasteiger partial charge in [0.15, 0.2) is 0 Å². The van der Waals surface area contributed by atoms with Gasteiger partial charge >= 0.3 is 0 Å². The summed E-state index contributed by atoms with van der Waals surface area (Å²) >= 11 is 0. The minimum absolute atomic E-state index is 0.141. The number of H-pyrrole nitrogens is 1. The first-order valence-electron chi connectivity index (χ1n) is 11.6. The molecule has 5 rings (SSSR count). The third kappa shape index (κ3) is 4.27. The molecule has 1 aliphatic rings. The average molecular weight is 517 g/mol. The predicted molar refractivity (Wildman–Crippen MR) is 137 cm³/mol. The molecule has 0 radical (unpaired) electrons. The zero-order chi connectivity index (χ0) is 27.1. The van der Waals surface area contributed by atoms with E-state index in [1.807, 2.05) is 0 Å². The summed E-state index contributed by atoms with van der Waals surface area (Å²) in [4.78, 5) is 38.2. The number of hydrogen-bond donors (Lipinski definition) is 1. The fraction of sp³-hybridized carbons (Fsp3) is 0.148. The number of anilines is 1. The van der Waals surface area contributed by atoms with E-state index in [-0.39, 0.29) is 11.3 Å². The lowest BCUT2D eigenvalue weighted by atomic mass is 9.78. The number of aromatic nitrogens is 2. The maximum absolute atomic E-state index is 13.8. The zero-order valence-electron chi connectivity index (χ0n) is 20.3.